The zero-order valence-electron chi connectivity index (χ0n) is 11.9. The molecule has 1 aromatic rings. The molecule has 1 aromatic carbocycles. The first kappa shape index (κ1) is 15.3. The van der Waals surface area contributed by atoms with Crippen molar-refractivity contribution in [3.05, 3.63) is 34.9 Å². The molecule has 1 aliphatic rings. The van der Waals surface area contributed by atoms with Gasteiger partial charge in [0, 0.05) is 11.1 Å². The van der Waals surface area contributed by atoms with E-state index in [1.165, 1.54) is 6.42 Å². The summed E-state index contributed by atoms with van der Waals surface area (Å²) < 4.78 is 0. The van der Waals surface area contributed by atoms with Crippen LogP contribution in [-0.4, -0.2) is 23.7 Å². The van der Waals surface area contributed by atoms with Gasteiger partial charge in [-0.2, -0.15) is 0 Å². The molecule has 3 nitrogen and oxygen atoms in total. The SMILES string of the molecule is CC(CO)NC(=O)C1(c2cccc(Cl)c2)CCCCC1. The number of halogens is 1. The number of nitrogens with one attached hydrogen (secondary N) is 1. The van der Waals surface area contributed by atoms with E-state index in [-0.39, 0.29) is 18.6 Å². The largest absolute Gasteiger partial charge is 0.394 e. The standard InChI is InChI=1S/C16H22ClNO2/c1-12(11-19)18-15(20)16(8-3-2-4-9-16)13-6-5-7-14(17)10-13/h5-7,10,12,19H,2-4,8-9,11H2,1H3,(H,18,20). The Morgan fingerprint density at radius 2 is 2.10 bits per heavy atom. The normalized spacial score (nSPS) is 19.4. The first-order valence-corrected chi connectivity index (χ1v) is 7.64. The molecule has 0 bridgehead atoms. The molecule has 2 rings (SSSR count). The molecule has 1 unspecified atom stereocenters. The molecule has 0 aromatic heterocycles. The van der Waals surface area contributed by atoms with Crippen LogP contribution in [0.3, 0.4) is 0 Å². The van der Waals surface area contributed by atoms with Gasteiger partial charge in [0.1, 0.15) is 0 Å². The van der Waals surface area contributed by atoms with E-state index in [0.29, 0.717) is 5.02 Å². The maximum absolute atomic E-state index is 12.7. The van der Waals surface area contributed by atoms with Gasteiger partial charge in [0.15, 0.2) is 0 Å². The molecule has 2 N–H and O–H groups in total. The Morgan fingerprint density at radius 1 is 1.40 bits per heavy atom. The summed E-state index contributed by atoms with van der Waals surface area (Å²) in [6, 6.07) is 7.39. The van der Waals surface area contributed by atoms with Gasteiger partial charge in [-0.3, -0.25) is 4.79 Å². The monoisotopic (exact) mass is 295 g/mol. The second kappa shape index (κ2) is 6.59. The maximum Gasteiger partial charge on any atom is 0.230 e. The highest BCUT2D eigenvalue weighted by Gasteiger charge is 2.41. The molecule has 0 radical (unpaired) electrons. The van der Waals surface area contributed by atoms with Gasteiger partial charge in [-0.25, -0.2) is 0 Å². The Labute approximate surface area is 125 Å². The molecular weight excluding hydrogens is 274 g/mol. The summed E-state index contributed by atoms with van der Waals surface area (Å²) in [6.07, 6.45) is 4.96. The van der Waals surface area contributed by atoms with Crippen LogP contribution in [0.25, 0.3) is 0 Å². The Balaban J connectivity index is 2.32. The van der Waals surface area contributed by atoms with Gasteiger partial charge in [-0.05, 0) is 37.5 Å². The van der Waals surface area contributed by atoms with Gasteiger partial charge in [0.25, 0.3) is 0 Å². The molecule has 110 valence electrons. The van der Waals surface area contributed by atoms with E-state index in [2.05, 4.69) is 5.32 Å². The summed E-state index contributed by atoms with van der Waals surface area (Å²) in [5, 5.41) is 12.7. The third-order valence-electron chi connectivity index (χ3n) is 4.17. The summed E-state index contributed by atoms with van der Waals surface area (Å²) in [6.45, 7) is 1.77. The number of carbonyl (C=O) groups is 1. The van der Waals surface area contributed by atoms with Crippen LogP contribution in [0.5, 0.6) is 0 Å². The maximum atomic E-state index is 12.7. The van der Waals surface area contributed by atoms with Crippen molar-refractivity contribution in [1.29, 1.82) is 0 Å². The summed E-state index contributed by atoms with van der Waals surface area (Å²) in [4.78, 5) is 12.7. The lowest BCUT2D eigenvalue weighted by Gasteiger charge is -2.37. The second-order valence-corrected chi connectivity index (χ2v) is 6.15. The van der Waals surface area contributed by atoms with Gasteiger partial charge < -0.3 is 10.4 Å². The fourth-order valence-electron chi connectivity index (χ4n) is 3.00. The topological polar surface area (TPSA) is 49.3 Å². The average Bonchev–Trinajstić information content (AvgIpc) is 2.47. The minimum Gasteiger partial charge on any atom is -0.394 e. The molecule has 0 saturated heterocycles. The molecule has 1 atom stereocenters. The fourth-order valence-corrected chi connectivity index (χ4v) is 3.19. The van der Waals surface area contributed by atoms with Crippen molar-refractivity contribution in [2.24, 2.45) is 0 Å². The molecule has 0 aliphatic heterocycles. The average molecular weight is 296 g/mol. The number of rotatable bonds is 4. The third-order valence-corrected chi connectivity index (χ3v) is 4.41. The third kappa shape index (κ3) is 3.15. The Kier molecular flexibility index (Phi) is 5.06. The van der Waals surface area contributed by atoms with E-state index in [0.717, 1.165) is 31.2 Å². The summed E-state index contributed by atoms with van der Waals surface area (Å²) in [5.74, 6) is 0.0148. The van der Waals surface area contributed by atoms with Gasteiger partial charge in [-0.15, -0.1) is 0 Å². The van der Waals surface area contributed by atoms with Gasteiger partial charge >= 0.3 is 0 Å². The molecule has 0 spiro atoms. The molecule has 1 aliphatic carbocycles. The van der Waals surface area contributed by atoms with Crippen molar-refractivity contribution in [3.8, 4) is 0 Å². The van der Waals surface area contributed by atoms with Gasteiger partial charge in [0.2, 0.25) is 5.91 Å². The second-order valence-electron chi connectivity index (χ2n) is 5.71. The van der Waals surface area contributed by atoms with Crippen LogP contribution >= 0.6 is 11.6 Å². The number of carbonyl (C=O) groups excluding carboxylic acids is 1. The number of amides is 1. The van der Waals surface area contributed by atoms with Gasteiger partial charge in [0.05, 0.1) is 12.0 Å². The van der Waals surface area contributed by atoms with Crippen LogP contribution in [0.2, 0.25) is 5.02 Å². The van der Waals surface area contributed by atoms with E-state index in [1.807, 2.05) is 31.2 Å². The first-order valence-electron chi connectivity index (χ1n) is 7.26. The smallest absolute Gasteiger partial charge is 0.230 e. The first-order chi connectivity index (χ1) is 9.58. The highest BCUT2D eigenvalue weighted by molar-refractivity contribution is 6.30. The van der Waals surface area contributed by atoms with Gasteiger partial charge in [-0.1, -0.05) is 43.0 Å². The predicted molar refractivity (Wildman–Crippen MR) is 80.9 cm³/mol. The quantitative estimate of drug-likeness (QED) is 0.897. The minimum atomic E-state index is -0.493. The van der Waals surface area contributed by atoms with Crippen molar-refractivity contribution >= 4 is 17.5 Å². The van der Waals surface area contributed by atoms with Crippen molar-refractivity contribution in [2.75, 3.05) is 6.61 Å². The summed E-state index contributed by atoms with van der Waals surface area (Å²) >= 11 is 6.09. The Hall–Kier alpha value is -1.06. The van der Waals surface area contributed by atoms with Crippen LogP contribution in [0, 0.1) is 0 Å². The molecule has 20 heavy (non-hydrogen) atoms. The van der Waals surface area contributed by atoms with Crippen LogP contribution in [-0.2, 0) is 10.2 Å². The van der Waals surface area contributed by atoms with Crippen LogP contribution in [0.15, 0.2) is 24.3 Å². The molecule has 1 amide bonds. The zero-order valence-corrected chi connectivity index (χ0v) is 12.6. The molecule has 1 saturated carbocycles. The van der Waals surface area contributed by atoms with E-state index in [1.54, 1.807) is 0 Å². The van der Waals surface area contributed by atoms with Crippen molar-refractivity contribution in [1.82, 2.24) is 5.32 Å². The predicted octanol–water partition coefficient (Wildman–Crippen LogP) is 3.04. The number of hydrogen-bond acceptors (Lipinski definition) is 2. The van der Waals surface area contributed by atoms with Crippen molar-refractivity contribution in [3.63, 3.8) is 0 Å². The fraction of sp³-hybridized carbons (Fsp3) is 0.562. The lowest BCUT2D eigenvalue weighted by molar-refractivity contribution is -0.129. The van der Waals surface area contributed by atoms with Crippen LogP contribution in [0.4, 0.5) is 0 Å². The van der Waals surface area contributed by atoms with E-state index < -0.39 is 5.41 Å². The lowest BCUT2D eigenvalue weighted by atomic mass is 9.68. The molecular formula is C16H22ClNO2. The summed E-state index contributed by atoms with van der Waals surface area (Å²) in [5.41, 5.74) is 0.499. The lowest BCUT2D eigenvalue weighted by Crippen LogP contribution is -2.49. The zero-order chi connectivity index (χ0) is 14.6. The van der Waals surface area contributed by atoms with Crippen molar-refractivity contribution < 1.29 is 9.90 Å². The number of hydrogen-bond donors (Lipinski definition) is 2. The highest BCUT2D eigenvalue weighted by Crippen LogP contribution is 2.40. The van der Waals surface area contributed by atoms with Crippen LogP contribution < -0.4 is 5.32 Å². The highest BCUT2D eigenvalue weighted by atomic mass is 35.5. The summed E-state index contributed by atoms with van der Waals surface area (Å²) in [7, 11) is 0. The van der Waals surface area contributed by atoms with E-state index >= 15 is 0 Å². The Bertz CT molecular complexity index is 469. The Morgan fingerprint density at radius 3 is 2.70 bits per heavy atom. The molecule has 4 heteroatoms. The minimum absolute atomic E-state index is 0.0148. The number of aliphatic hydroxyl groups is 1. The van der Waals surface area contributed by atoms with Crippen molar-refractivity contribution in [2.45, 2.75) is 50.5 Å². The van der Waals surface area contributed by atoms with E-state index in [4.69, 9.17) is 16.7 Å². The number of benzene rings is 1. The number of aliphatic hydroxyl groups excluding tert-OH is 1. The molecule has 1 fully saturated rings. The van der Waals surface area contributed by atoms with Crippen LogP contribution in [0.1, 0.15) is 44.6 Å². The van der Waals surface area contributed by atoms with E-state index in [9.17, 15) is 4.79 Å². The molecule has 0 heterocycles.